The maximum Gasteiger partial charge on any atom is 0.352 e. The molecule has 0 amide bonds. The summed E-state index contributed by atoms with van der Waals surface area (Å²) in [7, 11) is 0. The van der Waals surface area contributed by atoms with Crippen LogP contribution in [0, 0.1) is 0 Å². The summed E-state index contributed by atoms with van der Waals surface area (Å²) in [5, 5.41) is 9.04. The van der Waals surface area contributed by atoms with E-state index in [9.17, 15) is 4.79 Å². The first kappa shape index (κ1) is 12.6. The quantitative estimate of drug-likeness (QED) is 0.910. The summed E-state index contributed by atoms with van der Waals surface area (Å²) in [6, 6.07) is 1.63. The molecule has 1 N–H and O–H groups in total. The minimum Gasteiger partial charge on any atom is -0.477 e. The van der Waals surface area contributed by atoms with E-state index in [-0.39, 0.29) is 0 Å². The first-order valence-corrected chi connectivity index (χ1v) is 6.35. The lowest BCUT2D eigenvalue weighted by atomic mass is 10.4. The van der Waals surface area contributed by atoms with Crippen molar-refractivity contribution in [3.8, 4) is 0 Å². The number of ether oxygens (including phenoxy) is 1. The van der Waals surface area contributed by atoms with E-state index in [2.05, 4.69) is 20.8 Å². The Labute approximate surface area is 108 Å². The van der Waals surface area contributed by atoms with Crippen molar-refractivity contribution in [3.63, 3.8) is 0 Å². The van der Waals surface area contributed by atoms with Crippen LogP contribution in [0.25, 0.3) is 0 Å². The van der Waals surface area contributed by atoms with E-state index in [0.717, 1.165) is 37.3 Å². The van der Waals surface area contributed by atoms with E-state index in [1.807, 2.05) is 6.20 Å². The topological polar surface area (TPSA) is 54.7 Å². The summed E-state index contributed by atoms with van der Waals surface area (Å²) in [4.78, 5) is 13.3. The molecule has 0 bridgehead atoms. The largest absolute Gasteiger partial charge is 0.477 e. The van der Waals surface area contributed by atoms with Crippen LogP contribution in [0.2, 0.25) is 0 Å². The van der Waals surface area contributed by atoms with Crippen LogP contribution in [-0.2, 0) is 11.3 Å². The molecule has 1 aliphatic rings. The summed E-state index contributed by atoms with van der Waals surface area (Å²) in [6.07, 6.45) is 1.81. The summed E-state index contributed by atoms with van der Waals surface area (Å²) < 4.78 is 7.84. The van der Waals surface area contributed by atoms with Gasteiger partial charge in [-0.3, -0.25) is 4.90 Å². The van der Waals surface area contributed by atoms with Gasteiger partial charge in [-0.25, -0.2) is 4.79 Å². The van der Waals surface area contributed by atoms with E-state index in [0.29, 0.717) is 12.2 Å². The van der Waals surface area contributed by atoms with Gasteiger partial charge in [0.2, 0.25) is 0 Å². The SMILES string of the molecule is O=C(O)c1cc(Br)cn1CCN1CCOCC1. The van der Waals surface area contributed by atoms with Crippen molar-refractivity contribution in [2.75, 3.05) is 32.8 Å². The molecule has 0 spiro atoms. The van der Waals surface area contributed by atoms with Gasteiger partial charge in [0.1, 0.15) is 5.69 Å². The molecular weight excluding hydrogens is 288 g/mol. The Bertz CT molecular complexity index is 399. The zero-order valence-corrected chi connectivity index (χ0v) is 11.0. The Hall–Kier alpha value is -0.850. The molecule has 94 valence electrons. The molecule has 2 rings (SSSR count). The van der Waals surface area contributed by atoms with Crippen molar-refractivity contribution in [1.82, 2.24) is 9.47 Å². The van der Waals surface area contributed by atoms with Crippen LogP contribution >= 0.6 is 15.9 Å². The summed E-state index contributed by atoms with van der Waals surface area (Å²) in [5.41, 5.74) is 0.324. The first-order chi connectivity index (χ1) is 8.16. The fraction of sp³-hybridized carbons (Fsp3) is 0.545. The van der Waals surface area contributed by atoms with Gasteiger partial charge in [-0.2, -0.15) is 0 Å². The van der Waals surface area contributed by atoms with E-state index in [1.54, 1.807) is 10.6 Å². The number of rotatable bonds is 4. The smallest absolute Gasteiger partial charge is 0.352 e. The first-order valence-electron chi connectivity index (χ1n) is 5.56. The van der Waals surface area contributed by atoms with Crippen LogP contribution in [0.5, 0.6) is 0 Å². The predicted octanol–water partition coefficient (Wildman–Crippen LogP) is 1.28. The van der Waals surface area contributed by atoms with Gasteiger partial charge in [0, 0.05) is 36.8 Å². The number of carboxylic acids is 1. The second-order valence-electron chi connectivity index (χ2n) is 4.00. The fourth-order valence-electron chi connectivity index (χ4n) is 1.91. The maximum absolute atomic E-state index is 11.0. The standard InChI is InChI=1S/C11H15BrN2O3/c12-9-7-10(11(15)16)14(8-9)2-1-13-3-5-17-6-4-13/h7-8H,1-6H2,(H,15,16). The number of hydrogen-bond acceptors (Lipinski definition) is 3. The molecule has 0 unspecified atom stereocenters. The van der Waals surface area contributed by atoms with Gasteiger partial charge >= 0.3 is 5.97 Å². The average Bonchev–Trinajstić information content (AvgIpc) is 2.69. The second kappa shape index (κ2) is 5.66. The Kier molecular flexibility index (Phi) is 4.20. The minimum atomic E-state index is -0.891. The Morgan fingerprint density at radius 3 is 2.76 bits per heavy atom. The molecule has 1 saturated heterocycles. The lowest BCUT2D eigenvalue weighted by Gasteiger charge is -2.26. The number of nitrogens with zero attached hydrogens (tertiary/aromatic N) is 2. The molecule has 0 aromatic carbocycles. The zero-order valence-electron chi connectivity index (χ0n) is 9.43. The van der Waals surface area contributed by atoms with Crippen LogP contribution in [0.1, 0.15) is 10.5 Å². The van der Waals surface area contributed by atoms with Gasteiger partial charge in [-0.1, -0.05) is 0 Å². The number of halogens is 1. The highest BCUT2D eigenvalue weighted by Gasteiger charge is 2.14. The minimum absolute atomic E-state index is 0.324. The molecule has 6 heteroatoms. The Morgan fingerprint density at radius 2 is 2.12 bits per heavy atom. The molecule has 0 aliphatic carbocycles. The van der Waals surface area contributed by atoms with E-state index >= 15 is 0 Å². The second-order valence-corrected chi connectivity index (χ2v) is 4.91. The maximum atomic E-state index is 11.0. The number of carbonyl (C=O) groups is 1. The van der Waals surface area contributed by atoms with Crippen molar-refractivity contribution in [2.24, 2.45) is 0 Å². The van der Waals surface area contributed by atoms with E-state index in [4.69, 9.17) is 9.84 Å². The molecule has 0 radical (unpaired) electrons. The third-order valence-electron chi connectivity index (χ3n) is 2.84. The monoisotopic (exact) mass is 302 g/mol. The highest BCUT2D eigenvalue weighted by atomic mass is 79.9. The van der Waals surface area contributed by atoms with Crippen molar-refractivity contribution >= 4 is 21.9 Å². The number of hydrogen-bond donors (Lipinski definition) is 1. The Morgan fingerprint density at radius 1 is 1.41 bits per heavy atom. The number of carboxylic acid groups (broad SMARTS) is 1. The number of aromatic carboxylic acids is 1. The third kappa shape index (κ3) is 3.31. The molecule has 1 aromatic rings. The van der Waals surface area contributed by atoms with Crippen LogP contribution in [0.15, 0.2) is 16.7 Å². The molecule has 1 aliphatic heterocycles. The van der Waals surface area contributed by atoms with Crippen molar-refractivity contribution in [1.29, 1.82) is 0 Å². The van der Waals surface area contributed by atoms with Gasteiger partial charge in [0.05, 0.1) is 13.2 Å². The van der Waals surface area contributed by atoms with Gasteiger partial charge in [0.15, 0.2) is 0 Å². The lowest BCUT2D eigenvalue weighted by Crippen LogP contribution is -2.38. The van der Waals surface area contributed by atoms with Gasteiger partial charge < -0.3 is 14.4 Å². The summed E-state index contributed by atoms with van der Waals surface area (Å²) >= 11 is 3.30. The normalized spacial score (nSPS) is 17.2. The molecule has 0 saturated carbocycles. The lowest BCUT2D eigenvalue weighted by molar-refractivity contribution is 0.0361. The van der Waals surface area contributed by atoms with Crippen LogP contribution in [0.4, 0.5) is 0 Å². The van der Waals surface area contributed by atoms with Gasteiger partial charge in [-0.05, 0) is 22.0 Å². The Balaban J connectivity index is 1.95. The highest BCUT2D eigenvalue weighted by Crippen LogP contribution is 2.15. The highest BCUT2D eigenvalue weighted by molar-refractivity contribution is 9.10. The number of morpholine rings is 1. The predicted molar refractivity (Wildman–Crippen MR) is 66.4 cm³/mol. The third-order valence-corrected chi connectivity index (χ3v) is 3.28. The summed E-state index contributed by atoms with van der Waals surface area (Å²) in [5.74, 6) is -0.891. The van der Waals surface area contributed by atoms with Crippen LogP contribution in [-0.4, -0.2) is 53.4 Å². The molecule has 1 aromatic heterocycles. The van der Waals surface area contributed by atoms with Crippen LogP contribution < -0.4 is 0 Å². The van der Waals surface area contributed by atoms with Gasteiger partial charge in [-0.15, -0.1) is 0 Å². The van der Waals surface area contributed by atoms with E-state index < -0.39 is 5.97 Å². The molecule has 0 atom stereocenters. The molecule has 17 heavy (non-hydrogen) atoms. The fourth-order valence-corrected chi connectivity index (χ4v) is 2.38. The molecule has 5 nitrogen and oxygen atoms in total. The number of aromatic nitrogens is 1. The van der Waals surface area contributed by atoms with Gasteiger partial charge in [0.25, 0.3) is 0 Å². The molecular formula is C11H15BrN2O3. The molecule has 1 fully saturated rings. The van der Waals surface area contributed by atoms with Crippen molar-refractivity contribution < 1.29 is 14.6 Å². The molecule has 2 heterocycles. The zero-order chi connectivity index (χ0) is 12.3. The van der Waals surface area contributed by atoms with Crippen molar-refractivity contribution in [3.05, 3.63) is 22.4 Å². The van der Waals surface area contributed by atoms with Crippen molar-refractivity contribution in [2.45, 2.75) is 6.54 Å². The van der Waals surface area contributed by atoms with E-state index in [1.165, 1.54) is 0 Å². The average molecular weight is 303 g/mol. The van der Waals surface area contributed by atoms with Crippen LogP contribution in [0.3, 0.4) is 0 Å². The summed E-state index contributed by atoms with van der Waals surface area (Å²) in [6.45, 7) is 4.91.